The summed E-state index contributed by atoms with van der Waals surface area (Å²) in [6.45, 7) is 2.00. The third-order valence-electron chi connectivity index (χ3n) is 5.89. The Morgan fingerprint density at radius 1 is 1.03 bits per heavy atom. The molecule has 152 valence electrons. The highest BCUT2D eigenvalue weighted by atomic mass is 32.2. The van der Waals surface area contributed by atoms with Crippen molar-refractivity contribution in [2.45, 2.75) is 25.7 Å². The minimum atomic E-state index is -0.703. The fourth-order valence-corrected chi connectivity index (χ4v) is 5.41. The molecule has 30 heavy (non-hydrogen) atoms. The number of hydrogen-bond donors (Lipinski definition) is 1. The van der Waals surface area contributed by atoms with Crippen LogP contribution in [0.5, 0.6) is 0 Å². The molecular weight excluding hydrogens is 394 g/mol. The van der Waals surface area contributed by atoms with E-state index in [-0.39, 0.29) is 5.92 Å². The standard InChI is InChI=1S/C23H23N5OS/c1-15-21(17-9-11-30(29)12-10-17)27-23-19(14-26-28(23)22(15)24)18-7-8-20(25-13-18)16-5-3-2-4-6-16/h2-8,13-14,17H,9-12,24H2,1H3. The van der Waals surface area contributed by atoms with Crippen molar-refractivity contribution < 1.29 is 4.21 Å². The third-order valence-corrected chi connectivity index (χ3v) is 7.27. The molecule has 0 radical (unpaired) electrons. The van der Waals surface area contributed by atoms with Crippen LogP contribution in [0.15, 0.2) is 54.9 Å². The molecule has 0 atom stereocenters. The quantitative estimate of drug-likeness (QED) is 0.545. The summed E-state index contributed by atoms with van der Waals surface area (Å²) in [5.41, 5.74) is 13.0. The zero-order valence-electron chi connectivity index (χ0n) is 16.8. The van der Waals surface area contributed by atoms with Crippen LogP contribution < -0.4 is 5.73 Å². The predicted octanol–water partition coefficient (Wildman–Crippen LogP) is 3.98. The van der Waals surface area contributed by atoms with Gasteiger partial charge in [-0.2, -0.15) is 9.61 Å². The molecule has 2 N–H and O–H groups in total. The first-order valence-corrected chi connectivity index (χ1v) is 11.6. The molecule has 7 heteroatoms. The SMILES string of the molecule is Cc1c(C2CCS(=O)CC2)nc2c(-c3ccc(-c4ccccc4)nc3)cnn2c1N. The van der Waals surface area contributed by atoms with E-state index in [1.807, 2.05) is 55.6 Å². The molecule has 1 fully saturated rings. The maximum Gasteiger partial charge on any atom is 0.165 e. The number of nitrogen functional groups attached to an aromatic ring is 1. The van der Waals surface area contributed by atoms with Gasteiger partial charge in [-0.3, -0.25) is 9.19 Å². The maximum atomic E-state index is 11.8. The summed E-state index contributed by atoms with van der Waals surface area (Å²) in [4.78, 5) is 9.64. The predicted molar refractivity (Wildman–Crippen MR) is 121 cm³/mol. The van der Waals surface area contributed by atoms with Crippen molar-refractivity contribution in [3.63, 3.8) is 0 Å². The Labute approximate surface area is 177 Å². The number of anilines is 1. The summed E-state index contributed by atoms with van der Waals surface area (Å²) in [7, 11) is -0.703. The molecule has 4 aromatic rings. The summed E-state index contributed by atoms with van der Waals surface area (Å²) < 4.78 is 13.5. The second-order valence-corrected chi connectivity index (χ2v) is 9.42. The van der Waals surface area contributed by atoms with E-state index in [9.17, 15) is 4.21 Å². The number of nitrogens with two attached hydrogens (primary N) is 1. The Balaban J connectivity index is 1.56. The van der Waals surface area contributed by atoms with E-state index in [0.29, 0.717) is 5.82 Å². The van der Waals surface area contributed by atoms with Crippen LogP contribution in [0.3, 0.4) is 0 Å². The third kappa shape index (κ3) is 3.29. The normalized spacial score (nSPS) is 19.2. The molecule has 0 saturated carbocycles. The molecule has 0 spiro atoms. The van der Waals surface area contributed by atoms with Gasteiger partial charge < -0.3 is 5.73 Å². The van der Waals surface area contributed by atoms with Crippen LogP contribution >= 0.6 is 0 Å². The number of nitrogens with zero attached hydrogens (tertiary/aromatic N) is 4. The van der Waals surface area contributed by atoms with Crippen LogP contribution in [0.25, 0.3) is 28.0 Å². The van der Waals surface area contributed by atoms with E-state index < -0.39 is 10.8 Å². The lowest BCUT2D eigenvalue weighted by molar-refractivity contribution is 0.590. The molecule has 0 bridgehead atoms. The first-order chi connectivity index (χ1) is 14.6. The van der Waals surface area contributed by atoms with Crippen LogP contribution in [-0.2, 0) is 10.8 Å². The van der Waals surface area contributed by atoms with Crippen LogP contribution in [-0.4, -0.2) is 35.3 Å². The number of benzene rings is 1. The number of fused-ring (bicyclic) bond motifs is 1. The first kappa shape index (κ1) is 18.9. The molecule has 4 heterocycles. The van der Waals surface area contributed by atoms with Gasteiger partial charge in [0.15, 0.2) is 5.65 Å². The Hall–Kier alpha value is -3.06. The van der Waals surface area contributed by atoms with Crippen molar-refractivity contribution in [3.05, 3.63) is 66.1 Å². The molecule has 0 unspecified atom stereocenters. The molecule has 3 aromatic heterocycles. The largest absolute Gasteiger partial charge is 0.383 e. The highest BCUT2D eigenvalue weighted by molar-refractivity contribution is 7.85. The lowest BCUT2D eigenvalue weighted by atomic mass is 9.95. The van der Waals surface area contributed by atoms with E-state index in [1.165, 1.54) is 0 Å². The van der Waals surface area contributed by atoms with Gasteiger partial charge in [0.1, 0.15) is 5.82 Å². The van der Waals surface area contributed by atoms with Crippen molar-refractivity contribution in [3.8, 4) is 22.4 Å². The summed E-state index contributed by atoms with van der Waals surface area (Å²) in [5, 5.41) is 4.49. The van der Waals surface area contributed by atoms with Crippen molar-refractivity contribution >= 4 is 22.3 Å². The summed E-state index contributed by atoms with van der Waals surface area (Å²) in [6.07, 6.45) is 5.43. The average molecular weight is 418 g/mol. The Bertz CT molecular complexity index is 1220. The monoisotopic (exact) mass is 417 g/mol. The zero-order chi connectivity index (χ0) is 20.7. The van der Waals surface area contributed by atoms with Crippen molar-refractivity contribution in [1.82, 2.24) is 19.6 Å². The zero-order valence-corrected chi connectivity index (χ0v) is 17.6. The van der Waals surface area contributed by atoms with Crippen LogP contribution in [0.2, 0.25) is 0 Å². The lowest BCUT2D eigenvalue weighted by Gasteiger charge is -2.23. The first-order valence-electron chi connectivity index (χ1n) is 10.1. The van der Waals surface area contributed by atoms with E-state index in [4.69, 9.17) is 10.7 Å². The van der Waals surface area contributed by atoms with Gasteiger partial charge in [-0.15, -0.1) is 0 Å². The number of rotatable bonds is 3. The smallest absolute Gasteiger partial charge is 0.165 e. The fourth-order valence-electron chi connectivity index (χ4n) is 4.12. The molecule has 5 rings (SSSR count). The summed E-state index contributed by atoms with van der Waals surface area (Å²) in [6, 6.07) is 14.2. The van der Waals surface area contributed by atoms with Gasteiger partial charge in [0, 0.05) is 56.7 Å². The van der Waals surface area contributed by atoms with Crippen molar-refractivity contribution in [2.24, 2.45) is 0 Å². The topological polar surface area (TPSA) is 86.2 Å². The molecule has 6 nitrogen and oxygen atoms in total. The van der Waals surface area contributed by atoms with Crippen molar-refractivity contribution in [1.29, 1.82) is 0 Å². The molecule has 0 aliphatic carbocycles. The van der Waals surface area contributed by atoms with Gasteiger partial charge >= 0.3 is 0 Å². The van der Waals surface area contributed by atoms with E-state index in [1.54, 1.807) is 10.7 Å². The van der Waals surface area contributed by atoms with Crippen molar-refractivity contribution in [2.75, 3.05) is 17.2 Å². The van der Waals surface area contributed by atoms with Gasteiger partial charge in [-0.25, -0.2) is 4.98 Å². The van der Waals surface area contributed by atoms with Gasteiger partial charge in [0.05, 0.1) is 17.6 Å². The summed E-state index contributed by atoms with van der Waals surface area (Å²) >= 11 is 0. The molecule has 1 saturated heterocycles. The molecular formula is C23H23N5OS. The van der Waals surface area contributed by atoms with Crippen LogP contribution in [0.4, 0.5) is 5.82 Å². The maximum absolute atomic E-state index is 11.8. The van der Waals surface area contributed by atoms with E-state index >= 15 is 0 Å². The minimum Gasteiger partial charge on any atom is -0.383 e. The number of hydrogen-bond acceptors (Lipinski definition) is 5. The van der Waals surface area contributed by atoms with Crippen LogP contribution in [0.1, 0.15) is 30.0 Å². The molecule has 1 aliphatic heterocycles. The van der Waals surface area contributed by atoms with Crippen LogP contribution in [0, 0.1) is 6.92 Å². The fraction of sp³-hybridized carbons (Fsp3) is 0.261. The van der Waals surface area contributed by atoms with Gasteiger partial charge in [-0.1, -0.05) is 36.4 Å². The van der Waals surface area contributed by atoms with E-state index in [0.717, 1.165) is 63.6 Å². The Kier molecular flexibility index (Phi) is 4.83. The second kappa shape index (κ2) is 7.65. The lowest BCUT2D eigenvalue weighted by Crippen LogP contribution is -2.20. The molecule has 0 amide bonds. The Morgan fingerprint density at radius 3 is 2.50 bits per heavy atom. The molecule has 1 aromatic carbocycles. The van der Waals surface area contributed by atoms with E-state index in [2.05, 4.69) is 10.1 Å². The minimum absolute atomic E-state index is 0.288. The highest BCUT2D eigenvalue weighted by Gasteiger charge is 2.25. The molecule has 1 aliphatic rings. The van der Waals surface area contributed by atoms with Gasteiger partial charge in [0.2, 0.25) is 0 Å². The highest BCUT2D eigenvalue weighted by Crippen LogP contribution is 2.34. The van der Waals surface area contributed by atoms with Gasteiger partial charge in [-0.05, 0) is 25.8 Å². The van der Waals surface area contributed by atoms with Gasteiger partial charge in [0.25, 0.3) is 0 Å². The number of pyridine rings is 1. The second-order valence-electron chi connectivity index (χ2n) is 7.72. The number of aromatic nitrogens is 4. The average Bonchev–Trinajstić information content (AvgIpc) is 3.22. The Morgan fingerprint density at radius 2 is 1.80 bits per heavy atom. The summed E-state index contributed by atoms with van der Waals surface area (Å²) in [5.74, 6) is 2.36.